The van der Waals surface area contributed by atoms with Gasteiger partial charge in [-0.15, -0.1) is 0 Å². The van der Waals surface area contributed by atoms with Crippen molar-refractivity contribution in [3.05, 3.63) is 70.8 Å². The largest absolute Gasteiger partial charge is 1.00 e. The van der Waals surface area contributed by atoms with Crippen LogP contribution in [0.25, 0.3) is 0 Å². The zero-order valence-corrected chi connectivity index (χ0v) is 21.5. The number of carbonyl (C=O) groups is 2. The second kappa shape index (κ2) is 13.8. The number of rotatable bonds is 6. The van der Waals surface area contributed by atoms with Gasteiger partial charge < -0.3 is 19.3 Å². The molecular formula is C16H14Na2O10S2. The number of aldehydes is 2. The van der Waals surface area contributed by atoms with Gasteiger partial charge in [-0.1, -0.05) is 48.5 Å². The summed E-state index contributed by atoms with van der Waals surface area (Å²) in [5.41, 5.74) is -5.55. The Morgan fingerprint density at radius 1 is 0.667 bits per heavy atom. The third-order valence-electron chi connectivity index (χ3n) is 3.32. The molecule has 0 spiro atoms. The third kappa shape index (κ3) is 9.34. The number of aliphatic hydroxyl groups is 2. The standard InChI is InChI=1S/C8H10O8S2.C8H6O2.2Na/c9-7(17(11,12)13)5-3-1-2-4-6(5)8(10)18(14,15)16;9-5-7-3-1-2-4-8(7)6-10;;/h1-4,7-10H,(H,11,12,13)(H,14,15,16);1-6H;;/q;;2*+1/p-2. The maximum Gasteiger partial charge on any atom is 1.00 e. The van der Waals surface area contributed by atoms with E-state index in [9.17, 15) is 45.7 Å². The fraction of sp³-hybridized carbons (Fsp3) is 0.125. The van der Waals surface area contributed by atoms with Gasteiger partial charge in [-0.05, 0) is 0 Å². The van der Waals surface area contributed by atoms with Crippen LogP contribution in [0.4, 0.5) is 0 Å². The van der Waals surface area contributed by atoms with E-state index in [2.05, 4.69) is 0 Å². The molecule has 14 heteroatoms. The van der Waals surface area contributed by atoms with Crippen LogP contribution in [0.3, 0.4) is 0 Å². The summed E-state index contributed by atoms with van der Waals surface area (Å²) in [7, 11) is -10.3. The Morgan fingerprint density at radius 3 is 1.17 bits per heavy atom. The first kappa shape index (κ1) is 31.7. The number of aliphatic hydroxyl groups excluding tert-OH is 2. The monoisotopic (exact) mass is 476 g/mol. The van der Waals surface area contributed by atoms with Crippen LogP contribution in [0.2, 0.25) is 0 Å². The van der Waals surface area contributed by atoms with Crippen molar-refractivity contribution in [2.75, 3.05) is 0 Å². The summed E-state index contributed by atoms with van der Waals surface area (Å²) in [5, 5.41) is 18.5. The first-order valence-corrected chi connectivity index (χ1v) is 10.2. The molecule has 2 unspecified atom stereocenters. The first-order valence-electron chi connectivity index (χ1n) is 7.27. The molecule has 152 valence electrons. The molecule has 0 radical (unpaired) electrons. The Hall–Kier alpha value is -0.480. The first-order chi connectivity index (χ1) is 12.9. The van der Waals surface area contributed by atoms with Gasteiger partial charge in [0, 0.05) is 22.3 Å². The van der Waals surface area contributed by atoms with Crippen LogP contribution in [0.1, 0.15) is 42.7 Å². The molecule has 0 heterocycles. The average Bonchev–Trinajstić information content (AvgIpc) is 2.65. The summed E-state index contributed by atoms with van der Waals surface area (Å²) < 4.78 is 63.8. The van der Waals surface area contributed by atoms with Crippen LogP contribution in [0.5, 0.6) is 0 Å². The molecule has 0 saturated heterocycles. The van der Waals surface area contributed by atoms with Crippen molar-refractivity contribution in [3.8, 4) is 0 Å². The van der Waals surface area contributed by atoms with E-state index in [4.69, 9.17) is 0 Å². The topological polar surface area (TPSA) is 189 Å². The summed E-state index contributed by atoms with van der Waals surface area (Å²) >= 11 is 0. The third-order valence-corrected chi connectivity index (χ3v) is 4.93. The van der Waals surface area contributed by atoms with Crippen molar-refractivity contribution in [2.24, 2.45) is 0 Å². The zero-order valence-electron chi connectivity index (χ0n) is 15.9. The molecule has 0 amide bonds. The van der Waals surface area contributed by atoms with Crippen LogP contribution >= 0.6 is 0 Å². The van der Waals surface area contributed by atoms with Crippen molar-refractivity contribution in [3.63, 3.8) is 0 Å². The Bertz CT molecular complexity index is 971. The van der Waals surface area contributed by atoms with Crippen LogP contribution in [-0.2, 0) is 20.2 Å². The molecule has 0 bridgehead atoms. The Morgan fingerprint density at radius 2 is 0.933 bits per heavy atom. The Kier molecular flexibility index (Phi) is 14.6. The fourth-order valence-electron chi connectivity index (χ4n) is 2.00. The van der Waals surface area contributed by atoms with E-state index in [0.29, 0.717) is 23.7 Å². The molecule has 2 aromatic rings. The summed E-state index contributed by atoms with van der Waals surface area (Å²) in [6.45, 7) is 0. The van der Waals surface area contributed by atoms with Gasteiger partial charge in [-0.2, -0.15) is 0 Å². The molecule has 0 aliphatic rings. The number of carbonyl (C=O) groups excluding carboxylic acids is 2. The minimum atomic E-state index is -5.16. The quantitative estimate of drug-likeness (QED) is 0.231. The average molecular weight is 476 g/mol. The summed E-state index contributed by atoms with van der Waals surface area (Å²) in [4.78, 5) is 20.5. The van der Waals surface area contributed by atoms with Gasteiger partial charge in [0.1, 0.15) is 20.2 Å². The van der Waals surface area contributed by atoms with E-state index in [-0.39, 0.29) is 59.1 Å². The molecule has 2 rings (SSSR count). The number of benzene rings is 2. The molecule has 0 fully saturated rings. The van der Waals surface area contributed by atoms with Crippen molar-refractivity contribution in [1.29, 1.82) is 0 Å². The summed E-state index contributed by atoms with van der Waals surface area (Å²) in [6.07, 6.45) is 1.34. The molecule has 0 aromatic heterocycles. The zero-order chi connectivity index (χ0) is 21.5. The minimum absolute atomic E-state index is 0. The molecule has 0 aliphatic carbocycles. The van der Waals surface area contributed by atoms with Gasteiger partial charge in [0.15, 0.2) is 23.4 Å². The van der Waals surface area contributed by atoms with Crippen LogP contribution in [0, 0.1) is 0 Å². The maximum atomic E-state index is 10.6. The molecular weight excluding hydrogens is 462 g/mol. The number of hydrogen-bond acceptors (Lipinski definition) is 10. The summed E-state index contributed by atoms with van der Waals surface area (Å²) in [6, 6.07) is 10.9. The second-order valence-corrected chi connectivity index (χ2v) is 8.05. The SMILES string of the molecule is O=Cc1ccccc1C=O.O=S(=O)([O-])C(O)c1ccccc1C(O)S(=O)(=O)[O-].[Na+].[Na+]. The predicted molar refractivity (Wildman–Crippen MR) is 93.0 cm³/mol. The van der Waals surface area contributed by atoms with Crippen LogP contribution in [-0.4, -0.2) is 48.7 Å². The van der Waals surface area contributed by atoms with Gasteiger partial charge in [0.05, 0.1) is 0 Å². The van der Waals surface area contributed by atoms with E-state index in [1.807, 2.05) is 0 Å². The van der Waals surface area contributed by atoms with Gasteiger partial charge in [-0.25, -0.2) is 16.8 Å². The van der Waals surface area contributed by atoms with Crippen molar-refractivity contribution < 1.29 is 105 Å². The number of hydrogen-bond donors (Lipinski definition) is 2. The molecule has 10 nitrogen and oxygen atoms in total. The summed E-state index contributed by atoms with van der Waals surface area (Å²) in [5.74, 6) is 0. The molecule has 2 aromatic carbocycles. The normalized spacial score (nSPS) is 12.7. The smallest absolute Gasteiger partial charge is 0.746 e. The fourth-order valence-corrected chi connectivity index (χ4v) is 3.05. The van der Waals surface area contributed by atoms with E-state index in [0.717, 1.165) is 12.1 Å². The molecule has 0 aliphatic heterocycles. The Labute approximate surface area is 217 Å². The van der Waals surface area contributed by atoms with Gasteiger partial charge in [0.2, 0.25) is 0 Å². The maximum absolute atomic E-state index is 10.6. The van der Waals surface area contributed by atoms with Crippen molar-refractivity contribution in [1.82, 2.24) is 0 Å². The minimum Gasteiger partial charge on any atom is -0.746 e. The Balaban J connectivity index is 0. The van der Waals surface area contributed by atoms with Crippen LogP contribution < -0.4 is 59.1 Å². The van der Waals surface area contributed by atoms with Crippen molar-refractivity contribution >= 4 is 32.8 Å². The molecule has 2 atom stereocenters. The van der Waals surface area contributed by atoms with E-state index >= 15 is 0 Å². The molecule has 0 saturated carbocycles. The molecule has 30 heavy (non-hydrogen) atoms. The van der Waals surface area contributed by atoms with Crippen LogP contribution in [0.15, 0.2) is 48.5 Å². The van der Waals surface area contributed by atoms with Crippen molar-refractivity contribution in [2.45, 2.75) is 10.9 Å². The van der Waals surface area contributed by atoms with Gasteiger partial charge in [-0.3, -0.25) is 9.59 Å². The predicted octanol–water partition coefficient (Wildman–Crippen LogP) is -5.92. The van der Waals surface area contributed by atoms with Gasteiger partial charge >= 0.3 is 59.1 Å². The van der Waals surface area contributed by atoms with E-state index in [1.165, 1.54) is 12.1 Å². The molecule has 2 N–H and O–H groups in total. The second-order valence-electron chi connectivity index (χ2n) is 5.18. The van der Waals surface area contributed by atoms with Gasteiger partial charge in [0.25, 0.3) is 0 Å². The van der Waals surface area contributed by atoms with E-state index < -0.39 is 42.2 Å². The van der Waals surface area contributed by atoms with E-state index in [1.54, 1.807) is 24.3 Å².